The minimum Gasteiger partial charge on any atom is -0.305 e. The number of rotatable bonds is 4. The zero-order valence-electron chi connectivity index (χ0n) is 15.4. The van der Waals surface area contributed by atoms with E-state index in [1.807, 2.05) is 48.9 Å². The molecular formula is C20H19N5OS. The number of benzene rings is 1. The van der Waals surface area contributed by atoms with E-state index >= 15 is 0 Å². The van der Waals surface area contributed by atoms with E-state index in [4.69, 9.17) is 0 Å². The summed E-state index contributed by atoms with van der Waals surface area (Å²) in [4.78, 5) is 16.9. The summed E-state index contributed by atoms with van der Waals surface area (Å²) in [5.41, 5.74) is 4.56. The standard InChI is InChI=1S/C20H19N5OS/c1-13-8-9-17-21-15(10-18(26)25(17)11-13)12-27-20-23-22-19(24(20)3)16-7-5-4-6-14(16)2/h4-11H,12H2,1-3H3. The van der Waals surface area contributed by atoms with Crippen LogP contribution in [0.1, 0.15) is 16.8 Å². The Morgan fingerprint density at radius 2 is 1.89 bits per heavy atom. The maximum absolute atomic E-state index is 12.3. The van der Waals surface area contributed by atoms with Crippen LogP contribution in [-0.2, 0) is 12.8 Å². The first-order chi connectivity index (χ1) is 13.0. The largest absolute Gasteiger partial charge is 0.305 e. The summed E-state index contributed by atoms with van der Waals surface area (Å²) in [6.45, 7) is 4.01. The van der Waals surface area contributed by atoms with Gasteiger partial charge in [-0.15, -0.1) is 10.2 Å². The van der Waals surface area contributed by atoms with Crippen LogP contribution in [0.5, 0.6) is 0 Å². The van der Waals surface area contributed by atoms with Crippen molar-refractivity contribution in [3.63, 3.8) is 0 Å². The van der Waals surface area contributed by atoms with Crippen molar-refractivity contribution < 1.29 is 0 Å². The third-order valence-electron chi connectivity index (χ3n) is 4.43. The second-order valence-electron chi connectivity index (χ2n) is 6.49. The van der Waals surface area contributed by atoms with Crippen LogP contribution in [-0.4, -0.2) is 24.1 Å². The number of nitrogens with zero attached hydrogens (tertiary/aromatic N) is 5. The van der Waals surface area contributed by atoms with Crippen molar-refractivity contribution in [2.45, 2.75) is 24.8 Å². The van der Waals surface area contributed by atoms with Gasteiger partial charge in [-0.3, -0.25) is 9.20 Å². The molecule has 0 saturated heterocycles. The molecule has 4 aromatic rings. The summed E-state index contributed by atoms with van der Waals surface area (Å²) in [7, 11) is 1.95. The Bertz CT molecular complexity index is 1190. The average molecular weight is 377 g/mol. The number of aryl methyl sites for hydroxylation is 2. The first-order valence-corrected chi connectivity index (χ1v) is 9.58. The number of hydrogen-bond acceptors (Lipinski definition) is 5. The Kier molecular flexibility index (Phi) is 4.53. The van der Waals surface area contributed by atoms with Gasteiger partial charge in [-0.1, -0.05) is 42.1 Å². The highest BCUT2D eigenvalue weighted by molar-refractivity contribution is 7.98. The normalized spacial score (nSPS) is 11.2. The fourth-order valence-corrected chi connectivity index (χ4v) is 3.77. The van der Waals surface area contributed by atoms with Crippen molar-refractivity contribution in [2.75, 3.05) is 0 Å². The molecule has 0 unspecified atom stereocenters. The van der Waals surface area contributed by atoms with Gasteiger partial charge in [0.1, 0.15) is 5.65 Å². The summed E-state index contributed by atoms with van der Waals surface area (Å²) in [6, 6.07) is 13.5. The van der Waals surface area contributed by atoms with Crippen molar-refractivity contribution in [3.8, 4) is 11.4 Å². The second kappa shape index (κ2) is 7.00. The van der Waals surface area contributed by atoms with Gasteiger partial charge in [0.05, 0.1) is 5.69 Å². The van der Waals surface area contributed by atoms with E-state index in [9.17, 15) is 4.79 Å². The van der Waals surface area contributed by atoms with Gasteiger partial charge in [0.25, 0.3) is 5.56 Å². The summed E-state index contributed by atoms with van der Waals surface area (Å²) < 4.78 is 3.55. The van der Waals surface area contributed by atoms with E-state index in [1.54, 1.807) is 16.7 Å². The highest BCUT2D eigenvalue weighted by Crippen LogP contribution is 2.26. The van der Waals surface area contributed by atoms with Gasteiger partial charge < -0.3 is 4.57 Å². The molecule has 0 aliphatic carbocycles. The zero-order chi connectivity index (χ0) is 19.0. The summed E-state index contributed by atoms with van der Waals surface area (Å²) in [6.07, 6.45) is 1.80. The van der Waals surface area contributed by atoms with Gasteiger partial charge in [0.2, 0.25) is 0 Å². The van der Waals surface area contributed by atoms with E-state index in [-0.39, 0.29) is 5.56 Å². The topological polar surface area (TPSA) is 65.1 Å². The third kappa shape index (κ3) is 3.38. The van der Waals surface area contributed by atoms with Crippen molar-refractivity contribution >= 4 is 17.4 Å². The van der Waals surface area contributed by atoms with Crippen LogP contribution in [0.4, 0.5) is 0 Å². The lowest BCUT2D eigenvalue weighted by molar-refractivity contribution is 0.793. The van der Waals surface area contributed by atoms with Crippen molar-refractivity contribution in [3.05, 3.63) is 75.8 Å². The molecule has 4 rings (SSSR count). The van der Waals surface area contributed by atoms with Gasteiger partial charge in [-0.2, -0.15) is 0 Å². The van der Waals surface area contributed by atoms with Crippen molar-refractivity contribution in [2.24, 2.45) is 7.05 Å². The Hall–Kier alpha value is -2.93. The molecule has 0 saturated carbocycles. The molecule has 0 aliphatic heterocycles. The Balaban J connectivity index is 1.60. The molecule has 0 radical (unpaired) electrons. The number of thioether (sulfide) groups is 1. The molecule has 27 heavy (non-hydrogen) atoms. The molecule has 6 nitrogen and oxygen atoms in total. The van der Waals surface area contributed by atoms with Crippen LogP contribution < -0.4 is 5.56 Å². The molecule has 1 aromatic carbocycles. The molecule has 0 N–H and O–H groups in total. The summed E-state index contributed by atoms with van der Waals surface area (Å²) >= 11 is 1.52. The smallest absolute Gasteiger partial charge is 0.258 e. The van der Waals surface area contributed by atoms with E-state index in [0.29, 0.717) is 11.4 Å². The summed E-state index contributed by atoms with van der Waals surface area (Å²) in [5.74, 6) is 1.39. The minimum atomic E-state index is -0.0714. The zero-order valence-corrected chi connectivity index (χ0v) is 16.2. The lowest BCUT2D eigenvalue weighted by Crippen LogP contribution is -2.15. The van der Waals surface area contributed by atoms with Crippen LogP contribution >= 0.6 is 11.8 Å². The third-order valence-corrected chi connectivity index (χ3v) is 5.48. The van der Waals surface area contributed by atoms with Crippen LogP contribution in [0.2, 0.25) is 0 Å². The predicted molar refractivity (Wildman–Crippen MR) is 107 cm³/mol. The highest BCUT2D eigenvalue weighted by Gasteiger charge is 2.13. The maximum Gasteiger partial charge on any atom is 0.258 e. The van der Waals surface area contributed by atoms with Gasteiger partial charge >= 0.3 is 0 Å². The van der Waals surface area contributed by atoms with Crippen LogP contribution in [0.15, 0.2) is 58.6 Å². The lowest BCUT2D eigenvalue weighted by Gasteiger charge is -2.07. The van der Waals surface area contributed by atoms with Gasteiger partial charge in [0.15, 0.2) is 11.0 Å². The Labute approximate surface area is 160 Å². The first kappa shape index (κ1) is 17.5. The maximum atomic E-state index is 12.3. The molecule has 0 atom stereocenters. The van der Waals surface area contributed by atoms with E-state index < -0.39 is 0 Å². The van der Waals surface area contributed by atoms with E-state index in [1.165, 1.54) is 11.8 Å². The molecule has 3 aromatic heterocycles. The van der Waals surface area contributed by atoms with Gasteiger partial charge in [-0.25, -0.2) is 4.98 Å². The number of fused-ring (bicyclic) bond motifs is 1. The first-order valence-electron chi connectivity index (χ1n) is 8.60. The molecule has 0 bridgehead atoms. The second-order valence-corrected chi connectivity index (χ2v) is 7.43. The Morgan fingerprint density at radius 3 is 2.70 bits per heavy atom. The van der Waals surface area contributed by atoms with Gasteiger partial charge in [0, 0.05) is 30.6 Å². The van der Waals surface area contributed by atoms with E-state index in [2.05, 4.69) is 28.2 Å². The lowest BCUT2D eigenvalue weighted by atomic mass is 10.1. The molecule has 136 valence electrons. The number of aromatic nitrogens is 5. The molecule has 0 fully saturated rings. The molecule has 0 aliphatic rings. The Morgan fingerprint density at radius 1 is 1.07 bits per heavy atom. The quantitative estimate of drug-likeness (QED) is 0.510. The summed E-state index contributed by atoms with van der Waals surface area (Å²) in [5, 5.41) is 9.44. The molecule has 0 amide bonds. The highest BCUT2D eigenvalue weighted by atomic mass is 32.2. The molecule has 7 heteroatoms. The number of pyridine rings is 1. The van der Waals surface area contributed by atoms with Crippen LogP contribution in [0, 0.1) is 13.8 Å². The number of hydrogen-bond donors (Lipinski definition) is 0. The molecule has 3 heterocycles. The average Bonchev–Trinajstić information content (AvgIpc) is 3.01. The van der Waals surface area contributed by atoms with Crippen LogP contribution in [0.3, 0.4) is 0 Å². The van der Waals surface area contributed by atoms with Crippen LogP contribution in [0.25, 0.3) is 17.0 Å². The molecular weight excluding hydrogens is 358 g/mol. The SMILES string of the molecule is Cc1ccc2nc(CSc3nnc(-c4ccccc4C)n3C)cc(=O)n2c1. The van der Waals surface area contributed by atoms with Crippen molar-refractivity contribution in [1.29, 1.82) is 0 Å². The van der Waals surface area contributed by atoms with E-state index in [0.717, 1.165) is 33.4 Å². The fraction of sp³-hybridized carbons (Fsp3) is 0.200. The van der Waals surface area contributed by atoms with Crippen molar-refractivity contribution in [1.82, 2.24) is 24.1 Å². The predicted octanol–water partition coefficient (Wildman–Crippen LogP) is 3.40. The fourth-order valence-electron chi connectivity index (χ4n) is 2.97. The monoisotopic (exact) mass is 377 g/mol. The van der Waals surface area contributed by atoms with Gasteiger partial charge in [-0.05, 0) is 31.0 Å². The minimum absolute atomic E-state index is 0.0714. The molecule has 0 spiro atoms.